The number of aromatic nitrogens is 4. The molecular weight excluding hydrogens is 527 g/mol. The number of benzene rings is 1. The fourth-order valence-electron chi connectivity index (χ4n) is 3.25. The highest BCUT2D eigenvalue weighted by molar-refractivity contribution is 5.92. The van der Waals surface area contributed by atoms with Crippen LogP contribution in [-0.2, 0) is 24.4 Å². The number of aromatic amines is 1. The number of carbonyl (C=O) groups excluding carboxylic acids is 2. The Bertz CT molecular complexity index is 1250. The minimum absolute atomic E-state index is 0.199. The maximum atomic E-state index is 12.6. The van der Waals surface area contributed by atoms with Crippen molar-refractivity contribution in [1.29, 1.82) is 0 Å². The van der Waals surface area contributed by atoms with Gasteiger partial charge in [0.25, 0.3) is 5.91 Å². The molecule has 0 fully saturated rings. The highest BCUT2D eigenvalue weighted by Crippen LogP contribution is 2.41. The maximum Gasteiger partial charge on any atom is 0.408 e. The Balaban J connectivity index is 1.59. The van der Waals surface area contributed by atoms with Crippen molar-refractivity contribution in [2.45, 2.75) is 44.6 Å². The van der Waals surface area contributed by atoms with E-state index in [1.54, 1.807) is 0 Å². The minimum atomic E-state index is -5.63. The molecular formula is C20H17F9N6O2. The fourth-order valence-corrected chi connectivity index (χ4v) is 3.25. The smallest absolute Gasteiger partial charge is 0.352 e. The first kappa shape index (κ1) is 27.8. The van der Waals surface area contributed by atoms with E-state index in [0.717, 1.165) is 12.3 Å². The van der Waals surface area contributed by atoms with Gasteiger partial charge in [0.05, 0.1) is 17.6 Å². The summed E-state index contributed by atoms with van der Waals surface area (Å²) in [6.45, 7) is -2.04. The van der Waals surface area contributed by atoms with Crippen molar-refractivity contribution in [3.05, 3.63) is 47.5 Å². The van der Waals surface area contributed by atoms with Crippen LogP contribution in [0.15, 0.2) is 30.5 Å². The second kappa shape index (κ2) is 10.3. The Labute approximate surface area is 201 Å². The highest BCUT2D eigenvalue weighted by Gasteiger charge is 2.57. The van der Waals surface area contributed by atoms with Crippen molar-refractivity contribution in [1.82, 2.24) is 30.4 Å². The lowest BCUT2D eigenvalue weighted by atomic mass is 10.0. The molecule has 3 aromatic rings. The SMILES string of the molecule is O=C(CC(C(F)(F)F)C(F)(F)F)NCc1ccc2nc(CNC(=O)c3ccnn3CC(F)(F)F)[nH]c2c1. The van der Waals surface area contributed by atoms with Crippen LogP contribution in [-0.4, -0.2) is 50.1 Å². The molecule has 0 bridgehead atoms. The normalized spacial score (nSPS) is 12.8. The number of alkyl halides is 9. The number of halogens is 9. The Morgan fingerprint density at radius 1 is 0.946 bits per heavy atom. The van der Waals surface area contributed by atoms with E-state index < -0.39 is 49.2 Å². The van der Waals surface area contributed by atoms with Crippen LogP contribution in [0.4, 0.5) is 39.5 Å². The summed E-state index contributed by atoms with van der Waals surface area (Å²) in [7, 11) is 0. The first-order valence-electron chi connectivity index (χ1n) is 10.3. The van der Waals surface area contributed by atoms with Gasteiger partial charge in [-0.1, -0.05) is 6.07 Å². The van der Waals surface area contributed by atoms with Crippen molar-refractivity contribution >= 4 is 22.8 Å². The van der Waals surface area contributed by atoms with E-state index in [9.17, 15) is 49.1 Å². The van der Waals surface area contributed by atoms with Gasteiger partial charge in [0.15, 0.2) is 5.92 Å². The summed E-state index contributed by atoms with van der Waals surface area (Å²) in [5.74, 6) is -5.89. The van der Waals surface area contributed by atoms with Crippen LogP contribution in [0.3, 0.4) is 0 Å². The second-order valence-corrected chi connectivity index (χ2v) is 7.82. The fraction of sp³-hybridized carbons (Fsp3) is 0.400. The number of hydrogen-bond donors (Lipinski definition) is 3. The molecule has 0 aliphatic heterocycles. The largest absolute Gasteiger partial charge is 0.408 e. The first-order chi connectivity index (χ1) is 17.0. The summed E-state index contributed by atoms with van der Waals surface area (Å²) < 4.78 is 114. The van der Waals surface area contributed by atoms with Gasteiger partial charge in [-0.2, -0.15) is 44.6 Å². The van der Waals surface area contributed by atoms with Crippen LogP contribution in [0.5, 0.6) is 0 Å². The quantitative estimate of drug-likeness (QED) is 0.373. The number of imidazole rings is 1. The average Bonchev–Trinajstić information content (AvgIpc) is 3.37. The molecule has 17 heteroatoms. The molecule has 3 rings (SSSR count). The maximum absolute atomic E-state index is 12.6. The van der Waals surface area contributed by atoms with Crippen LogP contribution in [0, 0.1) is 5.92 Å². The van der Waals surface area contributed by atoms with Gasteiger partial charge >= 0.3 is 18.5 Å². The summed E-state index contributed by atoms with van der Waals surface area (Å²) in [5, 5.41) is 7.85. The van der Waals surface area contributed by atoms with E-state index in [1.807, 2.05) is 5.32 Å². The summed E-state index contributed by atoms with van der Waals surface area (Å²) in [6, 6.07) is 5.40. The van der Waals surface area contributed by atoms with Crippen molar-refractivity contribution in [2.75, 3.05) is 0 Å². The van der Waals surface area contributed by atoms with Gasteiger partial charge in [0.2, 0.25) is 5.91 Å². The number of amides is 2. The van der Waals surface area contributed by atoms with Crippen LogP contribution >= 0.6 is 0 Å². The van der Waals surface area contributed by atoms with Gasteiger partial charge in [0.1, 0.15) is 18.1 Å². The van der Waals surface area contributed by atoms with Crippen molar-refractivity contribution < 1.29 is 49.1 Å². The van der Waals surface area contributed by atoms with E-state index in [0.29, 0.717) is 21.3 Å². The van der Waals surface area contributed by atoms with Gasteiger partial charge in [-0.15, -0.1) is 0 Å². The molecule has 3 N–H and O–H groups in total. The Hall–Kier alpha value is -3.79. The summed E-state index contributed by atoms with van der Waals surface area (Å²) >= 11 is 0. The second-order valence-electron chi connectivity index (χ2n) is 7.82. The molecule has 202 valence electrons. The van der Waals surface area contributed by atoms with Gasteiger partial charge in [-0.05, 0) is 23.8 Å². The standard InChI is InChI=1S/C20H17F9N6O2/c21-18(22,23)9-35-13(3-4-32-35)17(37)31-8-15-33-11-2-1-10(5-12(11)34-15)7-30-16(36)6-14(19(24,25)26)20(27,28)29/h1-5,14H,6-9H2,(H,30,36)(H,31,37)(H,33,34). The number of rotatable bonds is 8. The lowest BCUT2D eigenvalue weighted by Crippen LogP contribution is -2.40. The first-order valence-corrected chi connectivity index (χ1v) is 10.3. The summed E-state index contributed by atoms with van der Waals surface area (Å²) in [6.07, 6.45) is -16.6. The van der Waals surface area contributed by atoms with E-state index in [1.165, 1.54) is 18.2 Å². The molecule has 2 aromatic heterocycles. The van der Waals surface area contributed by atoms with E-state index in [4.69, 9.17) is 0 Å². The lowest BCUT2D eigenvalue weighted by Gasteiger charge is -2.22. The zero-order valence-electron chi connectivity index (χ0n) is 18.4. The molecule has 0 radical (unpaired) electrons. The molecule has 0 saturated carbocycles. The van der Waals surface area contributed by atoms with Crippen LogP contribution in [0.2, 0.25) is 0 Å². The monoisotopic (exact) mass is 544 g/mol. The molecule has 0 saturated heterocycles. The zero-order valence-corrected chi connectivity index (χ0v) is 18.4. The van der Waals surface area contributed by atoms with E-state index >= 15 is 0 Å². The molecule has 2 amide bonds. The number of nitrogens with one attached hydrogen (secondary N) is 3. The molecule has 0 aliphatic rings. The Kier molecular flexibility index (Phi) is 7.73. The molecule has 0 atom stereocenters. The van der Waals surface area contributed by atoms with Crippen molar-refractivity contribution in [3.63, 3.8) is 0 Å². The zero-order chi connectivity index (χ0) is 27.6. The molecule has 0 spiro atoms. The summed E-state index contributed by atoms with van der Waals surface area (Å²) in [5.41, 5.74) is 0.730. The average molecular weight is 544 g/mol. The van der Waals surface area contributed by atoms with Crippen LogP contribution in [0.1, 0.15) is 28.3 Å². The van der Waals surface area contributed by atoms with Crippen molar-refractivity contribution in [3.8, 4) is 0 Å². The van der Waals surface area contributed by atoms with Gasteiger partial charge in [-0.25, -0.2) is 4.98 Å². The molecule has 2 heterocycles. The molecule has 1 aromatic carbocycles. The summed E-state index contributed by atoms with van der Waals surface area (Å²) in [4.78, 5) is 30.9. The van der Waals surface area contributed by atoms with Gasteiger partial charge in [-0.3, -0.25) is 14.3 Å². The van der Waals surface area contributed by atoms with Crippen molar-refractivity contribution in [2.24, 2.45) is 5.92 Å². The van der Waals surface area contributed by atoms with E-state index in [-0.39, 0.29) is 24.6 Å². The number of hydrogen-bond acceptors (Lipinski definition) is 4. The van der Waals surface area contributed by atoms with Crippen LogP contribution in [0.25, 0.3) is 11.0 Å². The lowest BCUT2D eigenvalue weighted by molar-refractivity contribution is -0.284. The number of H-pyrrole nitrogens is 1. The third kappa shape index (κ3) is 7.60. The predicted molar refractivity (Wildman–Crippen MR) is 108 cm³/mol. The minimum Gasteiger partial charge on any atom is -0.352 e. The predicted octanol–water partition coefficient (Wildman–Crippen LogP) is 4.00. The van der Waals surface area contributed by atoms with Gasteiger partial charge < -0.3 is 15.6 Å². The molecule has 37 heavy (non-hydrogen) atoms. The number of fused-ring (bicyclic) bond motifs is 1. The molecule has 0 aliphatic carbocycles. The molecule has 0 unspecified atom stereocenters. The Morgan fingerprint density at radius 3 is 2.24 bits per heavy atom. The van der Waals surface area contributed by atoms with Crippen LogP contribution < -0.4 is 10.6 Å². The number of nitrogens with zero attached hydrogens (tertiary/aromatic N) is 3. The van der Waals surface area contributed by atoms with E-state index in [2.05, 4.69) is 20.4 Å². The third-order valence-corrected chi connectivity index (χ3v) is 4.96. The number of carbonyl (C=O) groups is 2. The van der Waals surface area contributed by atoms with Gasteiger partial charge in [0, 0.05) is 19.2 Å². The Morgan fingerprint density at radius 2 is 1.62 bits per heavy atom. The highest BCUT2D eigenvalue weighted by atomic mass is 19.4. The topological polar surface area (TPSA) is 105 Å². The molecule has 8 nitrogen and oxygen atoms in total. The third-order valence-electron chi connectivity index (χ3n) is 4.96.